The minimum Gasteiger partial charge on any atom is -0.310 e. The second kappa shape index (κ2) is 7.01. The zero-order chi connectivity index (χ0) is 15.4. The molecule has 0 aliphatic carbocycles. The van der Waals surface area contributed by atoms with E-state index >= 15 is 0 Å². The zero-order valence-corrected chi connectivity index (χ0v) is 12.8. The highest BCUT2D eigenvalue weighted by Crippen LogP contribution is 2.24. The van der Waals surface area contributed by atoms with Gasteiger partial charge >= 0.3 is 0 Å². The van der Waals surface area contributed by atoms with Crippen LogP contribution in [0.25, 0.3) is 0 Å². The summed E-state index contributed by atoms with van der Waals surface area (Å²) in [5.41, 5.74) is 2.68. The summed E-state index contributed by atoms with van der Waals surface area (Å²) in [6.45, 7) is 4.71. The molecule has 2 aromatic carbocycles. The van der Waals surface area contributed by atoms with Crippen molar-refractivity contribution < 1.29 is 8.78 Å². The third-order valence-corrected chi connectivity index (χ3v) is 3.82. The second-order valence-corrected chi connectivity index (χ2v) is 5.51. The monoisotopic (exact) mass is 309 g/mol. The van der Waals surface area contributed by atoms with Crippen molar-refractivity contribution in [3.8, 4) is 0 Å². The summed E-state index contributed by atoms with van der Waals surface area (Å²) in [7, 11) is 0. The fourth-order valence-corrected chi connectivity index (χ4v) is 2.52. The lowest BCUT2D eigenvalue weighted by Crippen LogP contribution is -2.23. The van der Waals surface area contributed by atoms with E-state index in [0.717, 1.165) is 23.7 Å². The first-order chi connectivity index (χ1) is 9.99. The van der Waals surface area contributed by atoms with Crippen LogP contribution in [0.5, 0.6) is 0 Å². The van der Waals surface area contributed by atoms with Gasteiger partial charge in [0.2, 0.25) is 0 Å². The van der Waals surface area contributed by atoms with Gasteiger partial charge < -0.3 is 5.32 Å². The molecule has 0 aromatic heterocycles. The van der Waals surface area contributed by atoms with Crippen molar-refractivity contribution in [3.05, 3.63) is 69.7 Å². The molecule has 2 rings (SSSR count). The molecule has 0 fully saturated rings. The average molecular weight is 310 g/mol. The van der Waals surface area contributed by atoms with Crippen LogP contribution in [0, 0.1) is 18.6 Å². The van der Waals surface area contributed by atoms with Gasteiger partial charge in [0.25, 0.3) is 0 Å². The normalized spacial score (nSPS) is 12.4. The van der Waals surface area contributed by atoms with Crippen LogP contribution in [0.15, 0.2) is 36.4 Å². The Balaban J connectivity index is 2.27. The molecule has 2 aromatic rings. The molecule has 0 saturated heterocycles. The summed E-state index contributed by atoms with van der Waals surface area (Å²) in [6, 6.07) is 9.42. The van der Waals surface area contributed by atoms with Crippen LogP contribution < -0.4 is 5.32 Å². The van der Waals surface area contributed by atoms with Gasteiger partial charge in [0.05, 0.1) is 0 Å². The maximum Gasteiger partial charge on any atom is 0.126 e. The Hall–Kier alpha value is -1.45. The van der Waals surface area contributed by atoms with Crippen LogP contribution >= 0.6 is 11.6 Å². The average Bonchev–Trinajstić information content (AvgIpc) is 2.40. The van der Waals surface area contributed by atoms with Gasteiger partial charge in [0.1, 0.15) is 11.6 Å². The second-order valence-electron chi connectivity index (χ2n) is 5.10. The number of hydrogen-bond acceptors (Lipinski definition) is 1. The first-order valence-corrected chi connectivity index (χ1v) is 7.31. The Morgan fingerprint density at radius 1 is 1.10 bits per heavy atom. The van der Waals surface area contributed by atoms with E-state index in [1.54, 1.807) is 0 Å². The van der Waals surface area contributed by atoms with Gasteiger partial charge in [-0.1, -0.05) is 30.7 Å². The fourth-order valence-electron chi connectivity index (χ4n) is 2.40. The Kier molecular flexibility index (Phi) is 5.32. The largest absolute Gasteiger partial charge is 0.310 e. The maximum atomic E-state index is 13.3. The molecule has 0 aliphatic heterocycles. The van der Waals surface area contributed by atoms with E-state index in [1.807, 2.05) is 32.0 Å². The van der Waals surface area contributed by atoms with Crippen molar-refractivity contribution >= 4 is 11.6 Å². The number of benzene rings is 2. The van der Waals surface area contributed by atoms with Crippen LogP contribution in [0.4, 0.5) is 8.78 Å². The summed E-state index contributed by atoms with van der Waals surface area (Å²) in [6.07, 6.45) is 0.517. The van der Waals surface area contributed by atoms with Crippen molar-refractivity contribution in [2.45, 2.75) is 26.3 Å². The summed E-state index contributed by atoms with van der Waals surface area (Å²) in [5.74, 6) is -1.10. The van der Waals surface area contributed by atoms with Gasteiger partial charge in [-0.25, -0.2) is 8.78 Å². The molecule has 1 N–H and O–H groups in total. The van der Waals surface area contributed by atoms with E-state index in [0.29, 0.717) is 17.0 Å². The van der Waals surface area contributed by atoms with Crippen LogP contribution in [-0.2, 0) is 6.42 Å². The van der Waals surface area contributed by atoms with E-state index in [2.05, 4.69) is 5.32 Å². The van der Waals surface area contributed by atoms with E-state index in [1.165, 1.54) is 12.1 Å². The number of likely N-dealkylation sites (N-methyl/N-ethyl adjacent to an activating group) is 1. The highest BCUT2D eigenvalue weighted by atomic mass is 35.5. The van der Waals surface area contributed by atoms with Gasteiger partial charge in [0.15, 0.2) is 0 Å². The minimum absolute atomic E-state index is 0.00725. The third-order valence-electron chi connectivity index (χ3n) is 3.40. The molecule has 0 aliphatic rings. The Morgan fingerprint density at radius 3 is 2.33 bits per heavy atom. The molecular weight excluding hydrogens is 292 g/mol. The quantitative estimate of drug-likeness (QED) is 0.835. The lowest BCUT2D eigenvalue weighted by Gasteiger charge is -2.19. The van der Waals surface area contributed by atoms with Crippen LogP contribution in [0.2, 0.25) is 5.02 Å². The molecule has 112 valence electrons. The fraction of sp³-hybridized carbons (Fsp3) is 0.294. The van der Waals surface area contributed by atoms with E-state index in [-0.39, 0.29) is 6.04 Å². The zero-order valence-electron chi connectivity index (χ0n) is 12.1. The molecule has 1 atom stereocenters. The van der Waals surface area contributed by atoms with Gasteiger partial charge in [-0.15, -0.1) is 0 Å². The van der Waals surface area contributed by atoms with Gasteiger partial charge in [-0.2, -0.15) is 0 Å². The highest BCUT2D eigenvalue weighted by molar-refractivity contribution is 6.31. The predicted octanol–water partition coefficient (Wildman–Crippen LogP) is 4.82. The molecular formula is C17H18ClF2N. The number of rotatable bonds is 5. The van der Waals surface area contributed by atoms with Crippen LogP contribution in [-0.4, -0.2) is 6.54 Å². The highest BCUT2D eigenvalue weighted by Gasteiger charge is 2.13. The summed E-state index contributed by atoms with van der Waals surface area (Å²) in [4.78, 5) is 0. The molecule has 0 heterocycles. The topological polar surface area (TPSA) is 12.0 Å². The Bertz CT molecular complexity index is 608. The molecule has 1 unspecified atom stereocenters. The van der Waals surface area contributed by atoms with Crippen LogP contribution in [0.1, 0.15) is 29.7 Å². The Morgan fingerprint density at radius 2 is 1.76 bits per heavy atom. The minimum atomic E-state index is -0.549. The summed E-state index contributed by atoms with van der Waals surface area (Å²) in [5, 5.41) is 4.06. The lowest BCUT2D eigenvalue weighted by atomic mass is 9.97. The van der Waals surface area contributed by atoms with Crippen molar-refractivity contribution in [2.75, 3.05) is 6.54 Å². The maximum absolute atomic E-state index is 13.3. The molecule has 4 heteroatoms. The lowest BCUT2D eigenvalue weighted by molar-refractivity contribution is 0.538. The van der Waals surface area contributed by atoms with Crippen molar-refractivity contribution in [3.63, 3.8) is 0 Å². The number of hydrogen-bond donors (Lipinski definition) is 1. The number of aryl methyl sites for hydroxylation is 1. The molecule has 0 amide bonds. The molecule has 0 radical (unpaired) electrons. The summed E-state index contributed by atoms with van der Waals surface area (Å²) < 4.78 is 26.6. The SMILES string of the molecule is CCNC(Cc1cc(F)cc(F)c1)c1ccc(Cl)c(C)c1. The van der Waals surface area contributed by atoms with E-state index in [4.69, 9.17) is 11.6 Å². The van der Waals surface area contributed by atoms with Gasteiger partial charge in [-0.3, -0.25) is 0 Å². The van der Waals surface area contributed by atoms with Gasteiger partial charge in [-0.05, 0) is 54.8 Å². The van der Waals surface area contributed by atoms with Crippen LogP contribution in [0.3, 0.4) is 0 Å². The molecule has 0 spiro atoms. The third kappa shape index (κ3) is 4.26. The first kappa shape index (κ1) is 15.9. The molecule has 0 bridgehead atoms. The summed E-state index contributed by atoms with van der Waals surface area (Å²) >= 11 is 6.04. The van der Waals surface area contributed by atoms with Crippen molar-refractivity contribution in [1.29, 1.82) is 0 Å². The predicted molar refractivity (Wildman–Crippen MR) is 82.7 cm³/mol. The molecule has 21 heavy (non-hydrogen) atoms. The standard InChI is InChI=1S/C17H18ClF2N/c1-3-21-17(13-4-5-16(18)11(2)6-13)9-12-7-14(19)10-15(20)8-12/h4-8,10,17,21H,3,9H2,1-2H3. The molecule has 1 nitrogen and oxygen atoms in total. The number of halogens is 3. The number of nitrogens with one attached hydrogen (secondary N) is 1. The smallest absolute Gasteiger partial charge is 0.126 e. The Labute approximate surface area is 128 Å². The first-order valence-electron chi connectivity index (χ1n) is 6.94. The van der Waals surface area contributed by atoms with Crippen molar-refractivity contribution in [1.82, 2.24) is 5.32 Å². The van der Waals surface area contributed by atoms with Crippen molar-refractivity contribution in [2.24, 2.45) is 0 Å². The molecule has 0 saturated carbocycles. The van der Waals surface area contributed by atoms with Gasteiger partial charge in [0, 0.05) is 17.1 Å². The van der Waals surface area contributed by atoms with E-state index < -0.39 is 11.6 Å². The van der Waals surface area contributed by atoms with E-state index in [9.17, 15) is 8.78 Å².